The number of carboxylic acid groups (broad SMARTS) is 1. The first kappa shape index (κ1) is 24.4. The highest BCUT2D eigenvalue weighted by molar-refractivity contribution is 6.01. The van der Waals surface area contributed by atoms with Crippen molar-refractivity contribution in [2.45, 2.75) is 77.2 Å². The molecule has 2 unspecified atom stereocenters. The standard InChI is InChI=1S/C21H30N2O8/c1-21(19(27)28)12-5-7-15(8-6-13-21)30-20(29)22-14-4-2-3-9-18(26)31-23-16(24)10-11-17(23)25/h5,7,15H,2-4,6,8-14H2,1H3,(H,22,29)(H,27,28)/b7-5+. The van der Waals surface area contributed by atoms with Crippen molar-refractivity contribution in [2.24, 2.45) is 5.41 Å². The number of unbranched alkanes of at least 4 members (excludes halogenated alkanes) is 2. The lowest BCUT2D eigenvalue weighted by molar-refractivity contribution is -0.197. The number of aliphatic carboxylic acids is 1. The van der Waals surface area contributed by atoms with Crippen LogP contribution in [0.15, 0.2) is 12.2 Å². The number of alkyl carbamates (subject to hydrolysis) is 1. The highest BCUT2D eigenvalue weighted by Crippen LogP contribution is 2.31. The van der Waals surface area contributed by atoms with Gasteiger partial charge in [0.1, 0.15) is 6.10 Å². The van der Waals surface area contributed by atoms with Crippen LogP contribution in [0.2, 0.25) is 0 Å². The fourth-order valence-electron chi connectivity index (χ4n) is 3.41. The van der Waals surface area contributed by atoms with Gasteiger partial charge in [0.05, 0.1) is 5.41 Å². The molecule has 2 N–H and O–H groups in total. The Morgan fingerprint density at radius 2 is 1.90 bits per heavy atom. The van der Waals surface area contributed by atoms with Gasteiger partial charge in [0, 0.05) is 25.8 Å². The lowest BCUT2D eigenvalue weighted by Gasteiger charge is -2.26. The van der Waals surface area contributed by atoms with Crippen molar-refractivity contribution in [3.05, 3.63) is 12.2 Å². The molecule has 1 saturated heterocycles. The fraction of sp³-hybridized carbons (Fsp3) is 0.667. The molecule has 0 aromatic rings. The van der Waals surface area contributed by atoms with Gasteiger partial charge in [-0.25, -0.2) is 9.59 Å². The van der Waals surface area contributed by atoms with Crippen LogP contribution >= 0.6 is 0 Å². The van der Waals surface area contributed by atoms with Gasteiger partial charge in [-0.1, -0.05) is 12.5 Å². The van der Waals surface area contributed by atoms with Gasteiger partial charge in [0.2, 0.25) is 0 Å². The zero-order chi connectivity index (χ0) is 22.9. The maximum Gasteiger partial charge on any atom is 0.407 e. The zero-order valence-electron chi connectivity index (χ0n) is 17.8. The Labute approximate surface area is 180 Å². The van der Waals surface area contributed by atoms with Gasteiger partial charge in [-0.2, -0.15) is 0 Å². The normalized spacial score (nSPS) is 24.8. The van der Waals surface area contributed by atoms with Crippen LogP contribution in [0, 0.1) is 5.41 Å². The van der Waals surface area contributed by atoms with E-state index in [-0.39, 0.29) is 25.4 Å². The van der Waals surface area contributed by atoms with Crippen LogP contribution in [0.25, 0.3) is 0 Å². The fourth-order valence-corrected chi connectivity index (χ4v) is 3.41. The summed E-state index contributed by atoms with van der Waals surface area (Å²) in [5.41, 5.74) is -0.782. The molecule has 3 amide bonds. The molecule has 1 fully saturated rings. The summed E-state index contributed by atoms with van der Waals surface area (Å²) in [4.78, 5) is 62.5. The zero-order valence-corrected chi connectivity index (χ0v) is 17.8. The number of carbonyl (C=O) groups excluding carboxylic acids is 4. The maximum absolute atomic E-state index is 11.9. The van der Waals surface area contributed by atoms with E-state index in [4.69, 9.17) is 9.57 Å². The largest absolute Gasteiger partial charge is 0.481 e. The summed E-state index contributed by atoms with van der Waals surface area (Å²) in [5, 5.41) is 12.5. The van der Waals surface area contributed by atoms with Crippen molar-refractivity contribution < 1.29 is 38.7 Å². The second-order valence-electron chi connectivity index (χ2n) is 8.12. The molecule has 0 radical (unpaired) electrons. The van der Waals surface area contributed by atoms with Gasteiger partial charge in [-0.15, -0.1) is 5.06 Å². The van der Waals surface area contributed by atoms with Crippen molar-refractivity contribution in [3.63, 3.8) is 0 Å². The third kappa shape index (κ3) is 7.69. The molecular weight excluding hydrogens is 408 g/mol. The Kier molecular flexibility index (Phi) is 9.02. The molecule has 172 valence electrons. The van der Waals surface area contributed by atoms with Gasteiger partial charge < -0.3 is 20.0 Å². The molecule has 31 heavy (non-hydrogen) atoms. The number of carboxylic acids is 1. The van der Waals surface area contributed by atoms with Gasteiger partial charge >= 0.3 is 18.0 Å². The topological polar surface area (TPSA) is 139 Å². The summed E-state index contributed by atoms with van der Waals surface area (Å²) >= 11 is 0. The van der Waals surface area contributed by atoms with Crippen LogP contribution in [0.1, 0.15) is 71.1 Å². The van der Waals surface area contributed by atoms with Crippen LogP contribution in [0.5, 0.6) is 0 Å². The number of rotatable bonds is 9. The Morgan fingerprint density at radius 1 is 1.19 bits per heavy atom. The Morgan fingerprint density at radius 3 is 2.58 bits per heavy atom. The average molecular weight is 438 g/mol. The van der Waals surface area contributed by atoms with Crippen molar-refractivity contribution in [1.82, 2.24) is 10.4 Å². The highest BCUT2D eigenvalue weighted by atomic mass is 16.7. The monoisotopic (exact) mass is 438 g/mol. The van der Waals surface area contributed by atoms with Gasteiger partial charge in [0.25, 0.3) is 11.8 Å². The van der Waals surface area contributed by atoms with E-state index >= 15 is 0 Å². The van der Waals surface area contributed by atoms with E-state index in [1.54, 1.807) is 19.1 Å². The number of hydroxylamine groups is 2. The van der Waals surface area contributed by atoms with E-state index in [0.29, 0.717) is 56.6 Å². The number of amides is 3. The van der Waals surface area contributed by atoms with Gasteiger partial charge in [-0.3, -0.25) is 14.4 Å². The number of imide groups is 1. The lowest BCUT2D eigenvalue weighted by atomic mass is 9.80. The molecular formula is C21H30N2O8. The maximum atomic E-state index is 11.9. The molecule has 0 bridgehead atoms. The summed E-state index contributed by atoms with van der Waals surface area (Å²) in [6.45, 7) is 2.10. The van der Waals surface area contributed by atoms with E-state index < -0.39 is 35.3 Å². The number of ether oxygens (including phenoxy) is 1. The first-order valence-corrected chi connectivity index (χ1v) is 10.6. The number of allylic oxidation sites excluding steroid dienone is 1. The van der Waals surface area contributed by atoms with Crippen LogP contribution in [0.3, 0.4) is 0 Å². The number of nitrogens with zero attached hydrogens (tertiary/aromatic N) is 1. The summed E-state index contributed by atoms with van der Waals surface area (Å²) in [6.07, 6.45) is 6.67. The minimum absolute atomic E-state index is 0.0618. The number of carbonyl (C=O) groups is 5. The van der Waals surface area contributed by atoms with Crippen molar-refractivity contribution >= 4 is 29.8 Å². The summed E-state index contributed by atoms with van der Waals surface area (Å²) in [5.74, 6) is -2.46. The predicted octanol–water partition coefficient (Wildman–Crippen LogP) is 2.47. The summed E-state index contributed by atoms with van der Waals surface area (Å²) in [7, 11) is 0. The Bertz CT molecular complexity index is 719. The molecule has 0 saturated carbocycles. The molecule has 1 aliphatic heterocycles. The second kappa shape index (κ2) is 11.5. The third-order valence-corrected chi connectivity index (χ3v) is 5.44. The number of hydrogen-bond acceptors (Lipinski definition) is 7. The first-order chi connectivity index (χ1) is 14.7. The summed E-state index contributed by atoms with van der Waals surface area (Å²) in [6, 6.07) is 0. The molecule has 2 rings (SSSR count). The highest BCUT2D eigenvalue weighted by Gasteiger charge is 2.33. The molecule has 10 nitrogen and oxygen atoms in total. The average Bonchev–Trinajstić information content (AvgIpc) is 3.00. The minimum Gasteiger partial charge on any atom is -0.481 e. The number of hydrogen-bond donors (Lipinski definition) is 2. The lowest BCUT2D eigenvalue weighted by Crippen LogP contribution is -2.32. The third-order valence-electron chi connectivity index (χ3n) is 5.44. The summed E-state index contributed by atoms with van der Waals surface area (Å²) < 4.78 is 5.37. The SMILES string of the molecule is CC1(C(=O)O)C/C=C/C(OC(=O)NCCCCCC(=O)ON2C(=O)CCC2=O)CCC1. The van der Waals surface area contributed by atoms with Crippen molar-refractivity contribution in [1.29, 1.82) is 0 Å². The first-order valence-electron chi connectivity index (χ1n) is 10.6. The minimum atomic E-state index is -0.819. The molecule has 2 aliphatic rings. The molecule has 2 atom stereocenters. The van der Waals surface area contributed by atoms with E-state index in [1.807, 2.05) is 0 Å². The van der Waals surface area contributed by atoms with E-state index in [9.17, 15) is 29.1 Å². The molecule has 10 heteroatoms. The quantitative estimate of drug-likeness (QED) is 0.318. The van der Waals surface area contributed by atoms with Crippen LogP contribution in [0.4, 0.5) is 4.79 Å². The van der Waals surface area contributed by atoms with Crippen LogP contribution in [-0.4, -0.2) is 52.7 Å². The van der Waals surface area contributed by atoms with Crippen molar-refractivity contribution in [3.8, 4) is 0 Å². The predicted molar refractivity (Wildman–Crippen MR) is 107 cm³/mol. The second-order valence-corrected chi connectivity index (χ2v) is 8.12. The molecule has 1 heterocycles. The molecule has 0 aromatic heterocycles. The Hall–Kier alpha value is -2.91. The Balaban J connectivity index is 1.56. The van der Waals surface area contributed by atoms with Gasteiger partial charge in [-0.05, 0) is 51.5 Å². The molecule has 0 spiro atoms. The van der Waals surface area contributed by atoms with E-state index in [0.717, 1.165) is 0 Å². The van der Waals surface area contributed by atoms with E-state index in [1.165, 1.54) is 0 Å². The smallest absolute Gasteiger partial charge is 0.407 e. The van der Waals surface area contributed by atoms with Crippen LogP contribution < -0.4 is 5.32 Å². The number of nitrogens with one attached hydrogen (secondary N) is 1. The van der Waals surface area contributed by atoms with Crippen molar-refractivity contribution in [2.75, 3.05) is 6.54 Å². The molecule has 0 aromatic carbocycles. The van der Waals surface area contributed by atoms with E-state index in [2.05, 4.69) is 5.32 Å². The van der Waals surface area contributed by atoms with Gasteiger partial charge in [0.15, 0.2) is 0 Å². The molecule has 1 aliphatic carbocycles. The van der Waals surface area contributed by atoms with Crippen LogP contribution in [-0.2, 0) is 28.8 Å².